The molecule has 0 spiro atoms. The van der Waals surface area contributed by atoms with E-state index in [1.165, 1.54) is 19.2 Å². The molecule has 0 bridgehead atoms. The zero-order chi connectivity index (χ0) is 30.0. The Morgan fingerprint density at radius 1 is 0.805 bits per heavy atom. The molecular weight excluding hydrogens is 544 g/mol. The van der Waals surface area contributed by atoms with Crippen molar-refractivity contribution < 1.29 is 38.8 Å². The Hall–Kier alpha value is -4.51. The molecule has 2 atom stereocenters. The largest absolute Gasteiger partial charge is 0.504 e. The Morgan fingerprint density at radius 3 is 1.95 bits per heavy atom. The SMILES string of the molecule is COc1c(O)cc([C@@H](NC(=O)[C@@H](NC(=O)OCc2ccccc2)c2ccccc2)C(=O)OCC[Si](C)(C)C)cc1O. The lowest BCUT2D eigenvalue weighted by Gasteiger charge is -2.24. The summed E-state index contributed by atoms with van der Waals surface area (Å²) in [4.78, 5) is 39.6. The predicted octanol–water partition coefficient (Wildman–Crippen LogP) is 4.81. The zero-order valence-electron chi connectivity index (χ0n) is 23.5. The number of methoxy groups -OCH3 is 1. The second kappa shape index (κ2) is 14.2. The fraction of sp³-hybridized carbons (Fsp3) is 0.300. The van der Waals surface area contributed by atoms with Gasteiger partial charge in [0.05, 0.1) is 13.7 Å². The number of hydrogen-bond acceptors (Lipinski definition) is 8. The molecule has 0 aliphatic carbocycles. The van der Waals surface area contributed by atoms with Gasteiger partial charge in [0, 0.05) is 8.07 Å². The predicted molar refractivity (Wildman–Crippen MR) is 155 cm³/mol. The Morgan fingerprint density at radius 2 is 1.39 bits per heavy atom. The summed E-state index contributed by atoms with van der Waals surface area (Å²) in [5.41, 5.74) is 1.27. The minimum atomic E-state index is -1.54. The number of rotatable bonds is 12. The summed E-state index contributed by atoms with van der Waals surface area (Å²) >= 11 is 0. The molecule has 2 amide bonds. The first-order chi connectivity index (χ1) is 19.5. The van der Waals surface area contributed by atoms with Crippen LogP contribution in [0.15, 0.2) is 72.8 Å². The van der Waals surface area contributed by atoms with Gasteiger partial charge in [0.15, 0.2) is 17.5 Å². The van der Waals surface area contributed by atoms with Crippen molar-refractivity contribution in [1.29, 1.82) is 0 Å². The number of nitrogens with one attached hydrogen (secondary N) is 2. The van der Waals surface area contributed by atoms with Gasteiger partial charge in [0.25, 0.3) is 0 Å². The van der Waals surface area contributed by atoms with E-state index in [2.05, 4.69) is 30.3 Å². The van der Waals surface area contributed by atoms with Gasteiger partial charge in [0.1, 0.15) is 12.6 Å². The van der Waals surface area contributed by atoms with Crippen LogP contribution < -0.4 is 15.4 Å². The molecule has 0 fully saturated rings. The molecule has 0 aliphatic rings. The third-order valence-electron chi connectivity index (χ3n) is 6.10. The van der Waals surface area contributed by atoms with E-state index in [9.17, 15) is 24.6 Å². The van der Waals surface area contributed by atoms with Gasteiger partial charge in [-0.2, -0.15) is 0 Å². The highest BCUT2D eigenvalue weighted by molar-refractivity contribution is 6.76. The van der Waals surface area contributed by atoms with Crippen molar-refractivity contribution in [1.82, 2.24) is 10.6 Å². The topological polar surface area (TPSA) is 143 Å². The minimum Gasteiger partial charge on any atom is -0.504 e. The van der Waals surface area contributed by atoms with Gasteiger partial charge in [-0.25, -0.2) is 9.59 Å². The average Bonchev–Trinajstić information content (AvgIpc) is 2.93. The number of alkyl carbamates (subject to hydrolysis) is 1. The van der Waals surface area contributed by atoms with Crippen molar-refractivity contribution >= 4 is 26.0 Å². The van der Waals surface area contributed by atoms with Gasteiger partial charge >= 0.3 is 12.1 Å². The molecule has 0 aromatic heterocycles. The fourth-order valence-electron chi connectivity index (χ4n) is 3.87. The monoisotopic (exact) mass is 580 g/mol. The molecule has 0 saturated heterocycles. The highest BCUT2D eigenvalue weighted by Crippen LogP contribution is 2.38. The molecule has 218 valence electrons. The molecule has 4 N–H and O–H groups in total. The Labute approximate surface area is 240 Å². The second-order valence-electron chi connectivity index (χ2n) is 10.6. The third kappa shape index (κ3) is 9.28. The first-order valence-electron chi connectivity index (χ1n) is 13.1. The van der Waals surface area contributed by atoms with E-state index in [1.54, 1.807) is 42.5 Å². The normalized spacial score (nSPS) is 12.5. The summed E-state index contributed by atoms with van der Waals surface area (Å²) in [7, 11) is -0.267. The van der Waals surface area contributed by atoms with Crippen LogP contribution in [0.4, 0.5) is 4.79 Å². The molecule has 3 rings (SSSR count). The van der Waals surface area contributed by atoms with Gasteiger partial charge in [-0.15, -0.1) is 0 Å². The van der Waals surface area contributed by atoms with Gasteiger partial charge < -0.3 is 35.1 Å². The molecule has 10 nitrogen and oxygen atoms in total. The number of aromatic hydroxyl groups is 2. The number of phenolic OH excluding ortho intramolecular Hbond substituents is 2. The van der Waals surface area contributed by atoms with Crippen molar-refractivity contribution in [2.75, 3.05) is 13.7 Å². The van der Waals surface area contributed by atoms with Gasteiger partial charge in [0.2, 0.25) is 11.7 Å². The molecule has 3 aromatic rings. The van der Waals surface area contributed by atoms with Crippen LogP contribution in [0.25, 0.3) is 0 Å². The highest BCUT2D eigenvalue weighted by Gasteiger charge is 2.32. The summed E-state index contributed by atoms with van der Waals surface area (Å²) < 4.78 is 15.8. The van der Waals surface area contributed by atoms with Crippen molar-refractivity contribution in [3.8, 4) is 17.2 Å². The molecule has 0 unspecified atom stereocenters. The van der Waals surface area contributed by atoms with E-state index >= 15 is 0 Å². The van der Waals surface area contributed by atoms with Crippen LogP contribution in [0.5, 0.6) is 17.2 Å². The van der Waals surface area contributed by atoms with E-state index < -0.39 is 49.6 Å². The van der Waals surface area contributed by atoms with Crippen molar-refractivity contribution in [3.05, 3.63) is 89.5 Å². The molecule has 3 aromatic carbocycles. The summed E-state index contributed by atoms with van der Waals surface area (Å²) in [6, 6.07) is 18.0. The van der Waals surface area contributed by atoms with E-state index in [-0.39, 0.29) is 24.5 Å². The quantitative estimate of drug-likeness (QED) is 0.177. The van der Waals surface area contributed by atoms with Crippen molar-refractivity contribution in [2.24, 2.45) is 0 Å². The first-order valence-corrected chi connectivity index (χ1v) is 16.8. The standard InChI is InChI=1S/C30H36N2O8Si/c1-38-27-23(33)17-22(18-24(27)34)26(29(36)39-15-16-41(2,3)4)31-28(35)25(21-13-9-6-10-14-21)32-30(37)40-19-20-11-7-5-8-12-20/h5-14,17-18,25-26,33-34H,15-16,19H2,1-4H3,(H,31,35)(H,32,37)/t25-,26+/m0/s1. The van der Waals surface area contributed by atoms with Gasteiger partial charge in [-0.05, 0) is 34.9 Å². The smallest absolute Gasteiger partial charge is 0.408 e. The Balaban J connectivity index is 1.86. The number of carbonyl (C=O) groups excluding carboxylic acids is 3. The number of esters is 1. The lowest BCUT2D eigenvalue weighted by Crippen LogP contribution is -2.44. The summed E-state index contributed by atoms with van der Waals surface area (Å²) in [6.07, 6.45) is -0.841. The number of phenols is 2. The Bertz CT molecular complexity index is 1310. The van der Waals surface area contributed by atoms with Crippen LogP contribution in [0.1, 0.15) is 28.8 Å². The van der Waals surface area contributed by atoms with Crippen LogP contribution in [0, 0.1) is 0 Å². The summed E-state index contributed by atoms with van der Waals surface area (Å²) in [5, 5.41) is 25.9. The fourth-order valence-corrected chi connectivity index (χ4v) is 4.58. The van der Waals surface area contributed by atoms with E-state index in [0.29, 0.717) is 11.6 Å². The molecule has 0 radical (unpaired) electrons. The number of amides is 2. The summed E-state index contributed by atoms with van der Waals surface area (Å²) in [5.74, 6) is -2.58. The van der Waals surface area contributed by atoms with E-state index in [0.717, 1.165) is 5.56 Å². The van der Waals surface area contributed by atoms with Gasteiger partial charge in [-0.3, -0.25) is 4.79 Å². The lowest BCUT2D eigenvalue weighted by atomic mass is 10.0. The van der Waals surface area contributed by atoms with Gasteiger partial charge in [-0.1, -0.05) is 80.3 Å². The van der Waals surface area contributed by atoms with Crippen molar-refractivity contribution in [2.45, 2.75) is 44.4 Å². The van der Waals surface area contributed by atoms with Crippen molar-refractivity contribution in [3.63, 3.8) is 0 Å². The number of carbonyl (C=O) groups is 3. The number of benzene rings is 3. The maximum Gasteiger partial charge on any atom is 0.408 e. The average molecular weight is 581 g/mol. The van der Waals surface area contributed by atoms with E-state index in [1.807, 2.05) is 18.2 Å². The molecular formula is C30H36N2O8Si. The first kappa shape index (κ1) is 31.0. The third-order valence-corrected chi connectivity index (χ3v) is 7.80. The Kier molecular flexibility index (Phi) is 10.8. The summed E-state index contributed by atoms with van der Waals surface area (Å²) in [6.45, 7) is 6.53. The highest BCUT2D eigenvalue weighted by atomic mass is 28.3. The molecule has 0 aliphatic heterocycles. The lowest BCUT2D eigenvalue weighted by molar-refractivity contribution is -0.147. The van der Waals surface area contributed by atoms with Crippen LogP contribution in [0.2, 0.25) is 25.7 Å². The van der Waals surface area contributed by atoms with E-state index in [4.69, 9.17) is 14.2 Å². The second-order valence-corrected chi connectivity index (χ2v) is 16.2. The number of hydrogen-bond donors (Lipinski definition) is 4. The number of ether oxygens (including phenoxy) is 3. The minimum absolute atomic E-state index is 0.00769. The van der Waals surface area contributed by atoms with Crippen LogP contribution >= 0.6 is 0 Å². The molecule has 0 saturated carbocycles. The van der Waals surface area contributed by atoms with Crippen LogP contribution in [-0.4, -0.2) is 50.0 Å². The van der Waals surface area contributed by atoms with Crippen LogP contribution in [0.3, 0.4) is 0 Å². The molecule has 11 heteroatoms. The maximum atomic E-state index is 13.6. The van der Waals surface area contributed by atoms with Crippen LogP contribution in [-0.2, 0) is 25.7 Å². The zero-order valence-corrected chi connectivity index (χ0v) is 24.5. The molecule has 41 heavy (non-hydrogen) atoms. The maximum absolute atomic E-state index is 13.6. The molecule has 0 heterocycles.